The van der Waals surface area contributed by atoms with Crippen LogP contribution in [0.5, 0.6) is 0 Å². The Balaban J connectivity index is 3.61. The first-order chi connectivity index (χ1) is 21.8. The van der Waals surface area contributed by atoms with E-state index in [2.05, 4.69) is 31.3 Å². The molecule has 2 atom stereocenters. The first-order valence-corrected chi connectivity index (χ1v) is 19.7. The fraction of sp³-hybridized carbons (Fsp3) is 0.886. The SMILES string of the molecule is CCC/C=C\CCCCCCCC(=O)OCC(O)COP(=O)(O)OCCNC(=O)CCCCCCCCCCCCCCCC. The number of phosphoric acid groups is 1. The van der Waals surface area contributed by atoms with Gasteiger partial charge in [0.25, 0.3) is 0 Å². The molecule has 0 bridgehead atoms. The molecule has 0 aliphatic carbocycles. The predicted octanol–water partition coefficient (Wildman–Crippen LogP) is 9.10. The molecule has 0 aromatic rings. The van der Waals surface area contributed by atoms with E-state index in [1.807, 2.05) is 0 Å². The van der Waals surface area contributed by atoms with Crippen LogP contribution in [0.3, 0.4) is 0 Å². The summed E-state index contributed by atoms with van der Waals surface area (Å²) in [6.45, 7) is 3.47. The highest BCUT2D eigenvalue weighted by Crippen LogP contribution is 2.42. The van der Waals surface area contributed by atoms with Crippen molar-refractivity contribution in [3.63, 3.8) is 0 Å². The Hall–Kier alpha value is -1.25. The van der Waals surface area contributed by atoms with Crippen LogP contribution >= 0.6 is 7.82 Å². The second-order valence-corrected chi connectivity index (χ2v) is 13.7. The third-order valence-electron chi connectivity index (χ3n) is 7.68. The van der Waals surface area contributed by atoms with Crippen molar-refractivity contribution in [3.8, 4) is 0 Å². The molecule has 266 valence electrons. The van der Waals surface area contributed by atoms with Crippen LogP contribution in [0.15, 0.2) is 12.2 Å². The van der Waals surface area contributed by atoms with Gasteiger partial charge in [0, 0.05) is 19.4 Å². The van der Waals surface area contributed by atoms with Crippen molar-refractivity contribution >= 4 is 19.7 Å². The van der Waals surface area contributed by atoms with Crippen LogP contribution in [-0.2, 0) is 27.9 Å². The van der Waals surface area contributed by atoms with Crippen molar-refractivity contribution in [1.29, 1.82) is 0 Å². The Kier molecular flexibility index (Phi) is 31.8. The monoisotopic (exact) mass is 661 g/mol. The van der Waals surface area contributed by atoms with Gasteiger partial charge in [-0.3, -0.25) is 18.6 Å². The van der Waals surface area contributed by atoms with Crippen LogP contribution in [0.1, 0.15) is 168 Å². The number of nitrogens with one attached hydrogen (secondary N) is 1. The number of aliphatic hydroxyl groups is 1. The zero-order valence-electron chi connectivity index (χ0n) is 28.8. The van der Waals surface area contributed by atoms with Crippen molar-refractivity contribution in [1.82, 2.24) is 5.32 Å². The minimum Gasteiger partial charge on any atom is -0.463 e. The Bertz CT molecular complexity index is 764. The van der Waals surface area contributed by atoms with E-state index in [0.717, 1.165) is 64.2 Å². The first-order valence-electron chi connectivity index (χ1n) is 18.2. The number of phosphoric ester groups is 1. The van der Waals surface area contributed by atoms with Crippen molar-refractivity contribution in [2.75, 3.05) is 26.4 Å². The van der Waals surface area contributed by atoms with Gasteiger partial charge in [-0.25, -0.2) is 4.57 Å². The molecule has 0 radical (unpaired) electrons. The van der Waals surface area contributed by atoms with Gasteiger partial charge in [-0.2, -0.15) is 0 Å². The van der Waals surface area contributed by atoms with Gasteiger partial charge < -0.3 is 20.1 Å². The van der Waals surface area contributed by atoms with Crippen molar-refractivity contribution in [2.24, 2.45) is 0 Å². The highest BCUT2D eigenvalue weighted by Gasteiger charge is 2.23. The van der Waals surface area contributed by atoms with E-state index < -0.39 is 26.5 Å². The van der Waals surface area contributed by atoms with E-state index in [1.54, 1.807) is 0 Å². The molecule has 0 rings (SSSR count). The molecule has 3 N–H and O–H groups in total. The maximum Gasteiger partial charge on any atom is 0.472 e. The highest BCUT2D eigenvalue weighted by atomic mass is 31.2. The summed E-state index contributed by atoms with van der Waals surface area (Å²) in [6, 6.07) is 0. The molecule has 0 saturated carbocycles. The van der Waals surface area contributed by atoms with E-state index in [-0.39, 0.29) is 32.1 Å². The summed E-state index contributed by atoms with van der Waals surface area (Å²) in [5.41, 5.74) is 0. The Morgan fingerprint density at radius 3 is 1.76 bits per heavy atom. The average molecular weight is 662 g/mol. The maximum atomic E-state index is 12.0. The number of rotatable bonds is 34. The van der Waals surface area contributed by atoms with Gasteiger partial charge in [0.15, 0.2) is 0 Å². The molecule has 1 amide bonds. The molecule has 0 aliphatic heterocycles. The number of hydrogen-bond acceptors (Lipinski definition) is 7. The quantitative estimate of drug-likeness (QED) is 0.0269. The van der Waals surface area contributed by atoms with Crippen LogP contribution < -0.4 is 5.32 Å². The lowest BCUT2D eigenvalue weighted by Crippen LogP contribution is -2.27. The summed E-state index contributed by atoms with van der Waals surface area (Å²) in [5, 5.41) is 12.6. The predicted molar refractivity (Wildman–Crippen MR) is 183 cm³/mol. The summed E-state index contributed by atoms with van der Waals surface area (Å²) in [5.74, 6) is -0.525. The molecule has 0 aliphatic rings. The van der Waals surface area contributed by atoms with E-state index in [0.29, 0.717) is 6.42 Å². The molecule has 0 aromatic heterocycles. The summed E-state index contributed by atoms with van der Waals surface area (Å²) in [6.07, 6.45) is 30.0. The van der Waals surface area contributed by atoms with Crippen LogP contribution in [0.2, 0.25) is 0 Å². The largest absolute Gasteiger partial charge is 0.472 e. The second-order valence-electron chi connectivity index (χ2n) is 12.2. The van der Waals surface area contributed by atoms with Crippen LogP contribution in [0, 0.1) is 0 Å². The van der Waals surface area contributed by atoms with Crippen molar-refractivity contribution < 1.29 is 37.9 Å². The number of esters is 1. The fourth-order valence-corrected chi connectivity index (χ4v) is 5.67. The average Bonchev–Trinajstić information content (AvgIpc) is 3.02. The second kappa shape index (κ2) is 32.7. The normalized spacial score (nSPS) is 13.6. The van der Waals surface area contributed by atoms with Gasteiger partial charge in [-0.1, -0.05) is 135 Å². The minimum atomic E-state index is -4.40. The molecule has 2 unspecified atom stereocenters. The van der Waals surface area contributed by atoms with Crippen LogP contribution in [-0.4, -0.2) is 54.3 Å². The minimum absolute atomic E-state index is 0.0848. The van der Waals surface area contributed by atoms with Crippen molar-refractivity contribution in [3.05, 3.63) is 12.2 Å². The number of aliphatic hydroxyl groups excluding tert-OH is 1. The van der Waals surface area contributed by atoms with E-state index in [9.17, 15) is 24.2 Å². The zero-order valence-corrected chi connectivity index (χ0v) is 29.7. The van der Waals surface area contributed by atoms with E-state index in [1.165, 1.54) is 77.0 Å². The standard InChI is InChI=1S/C35H68NO8P/c1-3-5-7-9-11-13-15-16-17-18-19-21-23-25-27-34(38)36-29-30-43-45(40,41)44-32-33(37)31-42-35(39)28-26-24-22-20-14-12-10-8-6-4-2/h8,10,33,37H,3-7,9,11-32H2,1-2H3,(H,36,38)(H,40,41)/b10-8-. The lowest BCUT2D eigenvalue weighted by Gasteiger charge is -2.15. The molecule has 0 heterocycles. The molecule has 0 aromatic carbocycles. The zero-order chi connectivity index (χ0) is 33.3. The molecule has 10 heteroatoms. The molecule has 0 saturated heterocycles. The van der Waals surface area contributed by atoms with Crippen LogP contribution in [0.4, 0.5) is 0 Å². The number of carbonyl (C=O) groups is 2. The number of ether oxygens (including phenoxy) is 1. The highest BCUT2D eigenvalue weighted by molar-refractivity contribution is 7.47. The summed E-state index contributed by atoms with van der Waals surface area (Å²) < 4.78 is 26.7. The van der Waals surface area contributed by atoms with E-state index in [4.69, 9.17) is 13.8 Å². The Morgan fingerprint density at radius 1 is 0.667 bits per heavy atom. The first kappa shape index (κ1) is 43.8. The number of allylic oxidation sites excluding steroid dienone is 2. The van der Waals surface area contributed by atoms with Gasteiger partial charge in [0.2, 0.25) is 5.91 Å². The molecule has 9 nitrogen and oxygen atoms in total. The molecule has 45 heavy (non-hydrogen) atoms. The fourth-order valence-electron chi connectivity index (χ4n) is 4.91. The van der Waals surface area contributed by atoms with Gasteiger partial charge in [-0.05, 0) is 32.1 Å². The summed E-state index contributed by atoms with van der Waals surface area (Å²) in [7, 11) is -4.40. The number of unbranched alkanes of at least 4 members (excludes halogenated alkanes) is 19. The van der Waals surface area contributed by atoms with Crippen LogP contribution in [0.25, 0.3) is 0 Å². The molecular weight excluding hydrogens is 593 g/mol. The number of carbonyl (C=O) groups excluding carboxylic acids is 2. The Morgan fingerprint density at radius 2 is 1.18 bits per heavy atom. The number of amides is 1. The van der Waals surface area contributed by atoms with Crippen molar-refractivity contribution in [2.45, 2.75) is 174 Å². The lowest BCUT2D eigenvalue weighted by atomic mass is 10.0. The third kappa shape index (κ3) is 33.9. The third-order valence-corrected chi connectivity index (χ3v) is 8.66. The smallest absolute Gasteiger partial charge is 0.463 e. The van der Waals surface area contributed by atoms with Gasteiger partial charge >= 0.3 is 13.8 Å². The van der Waals surface area contributed by atoms with Gasteiger partial charge in [0.1, 0.15) is 12.7 Å². The number of hydrogen-bond donors (Lipinski definition) is 3. The van der Waals surface area contributed by atoms with E-state index >= 15 is 0 Å². The topological polar surface area (TPSA) is 131 Å². The summed E-state index contributed by atoms with van der Waals surface area (Å²) in [4.78, 5) is 33.6. The molecule has 0 fully saturated rings. The maximum absolute atomic E-state index is 12.0. The Labute approximate surface area is 275 Å². The molecular formula is C35H68NO8P. The molecule has 0 spiro atoms. The van der Waals surface area contributed by atoms with Gasteiger partial charge in [0.05, 0.1) is 13.2 Å². The summed E-state index contributed by atoms with van der Waals surface area (Å²) >= 11 is 0. The van der Waals surface area contributed by atoms with Gasteiger partial charge in [-0.15, -0.1) is 0 Å². The lowest BCUT2D eigenvalue weighted by molar-refractivity contribution is -0.147.